The Balaban J connectivity index is 1.39. The molecule has 3 aromatic rings. The zero-order chi connectivity index (χ0) is 23.2. The van der Waals surface area contributed by atoms with Crippen LogP contribution in [0.3, 0.4) is 0 Å². The maximum Gasteiger partial charge on any atom is 0.410 e. The summed E-state index contributed by atoms with van der Waals surface area (Å²) in [5, 5.41) is 13.2. The van der Waals surface area contributed by atoms with E-state index in [4.69, 9.17) is 4.74 Å². The van der Waals surface area contributed by atoms with E-state index in [-0.39, 0.29) is 24.9 Å². The molecule has 0 aromatic carbocycles. The highest BCUT2D eigenvalue weighted by molar-refractivity contribution is 7.16. The van der Waals surface area contributed by atoms with E-state index in [1.807, 2.05) is 25.1 Å². The van der Waals surface area contributed by atoms with Crippen LogP contribution in [-0.4, -0.2) is 33.4 Å². The van der Waals surface area contributed by atoms with Gasteiger partial charge in [0.2, 0.25) is 5.91 Å². The molecule has 1 unspecified atom stereocenters. The predicted molar refractivity (Wildman–Crippen MR) is 123 cm³/mol. The Morgan fingerprint density at radius 2 is 2.06 bits per heavy atom. The molecule has 33 heavy (non-hydrogen) atoms. The minimum absolute atomic E-state index is 0.00361. The number of ether oxygens (including phenoxy) is 1. The predicted octanol–water partition coefficient (Wildman–Crippen LogP) is 4.24. The molecule has 168 valence electrons. The van der Waals surface area contributed by atoms with E-state index in [2.05, 4.69) is 21.4 Å². The van der Waals surface area contributed by atoms with E-state index < -0.39 is 6.09 Å². The van der Waals surface area contributed by atoms with Gasteiger partial charge in [-0.15, -0.1) is 11.3 Å². The second-order valence-corrected chi connectivity index (χ2v) is 8.95. The number of nitrogens with zero attached hydrogens (tertiary/aromatic N) is 4. The van der Waals surface area contributed by atoms with Crippen molar-refractivity contribution in [1.82, 2.24) is 14.9 Å². The molecular weight excluding hydrogens is 438 g/mol. The number of carbonyl (C=O) groups is 2. The molecule has 2 amide bonds. The van der Waals surface area contributed by atoms with Crippen molar-refractivity contribution < 1.29 is 14.3 Å². The van der Waals surface area contributed by atoms with Gasteiger partial charge in [-0.1, -0.05) is 19.1 Å². The number of anilines is 1. The number of carbonyl (C=O) groups excluding carboxylic acids is 2. The fraction of sp³-hybridized carbons (Fsp3) is 0.292. The van der Waals surface area contributed by atoms with Gasteiger partial charge in [0.15, 0.2) is 0 Å². The number of fused-ring (bicyclic) bond motifs is 1. The monoisotopic (exact) mass is 461 g/mol. The van der Waals surface area contributed by atoms with Crippen LogP contribution in [0.5, 0.6) is 0 Å². The third-order valence-corrected chi connectivity index (χ3v) is 6.64. The molecule has 4 rings (SSSR count). The summed E-state index contributed by atoms with van der Waals surface area (Å²) in [7, 11) is 0. The standard InChI is InChI=1S/C24H23N5O3S/c1-16(18-5-3-8-27-13-18)10-22(30)28-23-20(11-25)19-6-9-29(14-21(19)33-23)24(31)32-15-17-4-2-7-26-12-17/h2-5,7-8,12-13,16H,6,9-10,14-15H2,1H3,(H,28,30). The van der Waals surface area contributed by atoms with Gasteiger partial charge in [0.25, 0.3) is 0 Å². The van der Waals surface area contributed by atoms with Crippen molar-refractivity contribution >= 4 is 28.3 Å². The van der Waals surface area contributed by atoms with Crippen molar-refractivity contribution in [3.05, 3.63) is 76.2 Å². The first-order valence-corrected chi connectivity index (χ1v) is 11.4. The van der Waals surface area contributed by atoms with Crippen LogP contribution in [0, 0.1) is 11.3 Å². The molecule has 1 aliphatic rings. The van der Waals surface area contributed by atoms with Crippen LogP contribution in [0.2, 0.25) is 0 Å². The average Bonchev–Trinajstić information content (AvgIpc) is 3.19. The molecule has 0 bridgehead atoms. The van der Waals surface area contributed by atoms with Crippen LogP contribution < -0.4 is 5.32 Å². The van der Waals surface area contributed by atoms with Gasteiger partial charge in [0, 0.05) is 48.2 Å². The second kappa shape index (κ2) is 10.2. The van der Waals surface area contributed by atoms with E-state index in [1.165, 1.54) is 11.3 Å². The van der Waals surface area contributed by atoms with Crippen LogP contribution in [0.1, 0.15) is 46.4 Å². The molecule has 1 atom stereocenters. The Labute approximate surface area is 195 Å². The first-order valence-electron chi connectivity index (χ1n) is 10.6. The third-order valence-electron chi connectivity index (χ3n) is 5.51. The summed E-state index contributed by atoms with van der Waals surface area (Å²) in [6, 6.07) is 9.65. The molecule has 1 aliphatic heterocycles. The topological polar surface area (TPSA) is 108 Å². The lowest BCUT2D eigenvalue weighted by Crippen LogP contribution is -2.35. The van der Waals surface area contributed by atoms with Crippen molar-refractivity contribution in [1.29, 1.82) is 5.26 Å². The minimum atomic E-state index is -0.410. The molecule has 9 heteroatoms. The van der Waals surface area contributed by atoms with Gasteiger partial charge in [-0.05, 0) is 35.6 Å². The number of aromatic nitrogens is 2. The number of rotatable bonds is 6. The highest BCUT2D eigenvalue weighted by Crippen LogP contribution is 2.37. The molecule has 3 aromatic heterocycles. The summed E-state index contributed by atoms with van der Waals surface area (Å²) >= 11 is 1.35. The van der Waals surface area contributed by atoms with Crippen LogP contribution in [0.4, 0.5) is 9.80 Å². The average molecular weight is 462 g/mol. The van der Waals surface area contributed by atoms with Gasteiger partial charge in [-0.25, -0.2) is 4.79 Å². The molecular formula is C24H23N5O3S. The Kier molecular flexibility index (Phi) is 6.95. The van der Waals surface area contributed by atoms with E-state index in [0.717, 1.165) is 21.6 Å². The van der Waals surface area contributed by atoms with Crippen molar-refractivity contribution in [3.8, 4) is 6.07 Å². The zero-order valence-corrected chi connectivity index (χ0v) is 19.0. The number of hydrogen-bond acceptors (Lipinski definition) is 7. The van der Waals surface area contributed by atoms with Crippen molar-refractivity contribution in [2.24, 2.45) is 0 Å². The van der Waals surface area contributed by atoms with Gasteiger partial charge in [0.05, 0.1) is 12.1 Å². The molecule has 4 heterocycles. The van der Waals surface area contributed by atoms with Crippen LogP contribution in [-0.2, 0) is 29.1 Å². The van der Waals surface area contributed by atoms with E-state index in [9.17, 15) is 14.9 Å². The zero-order valence-electron chi connectivity index (χ0n) is 18.2. The minimum Gasteiger partial charge on any atom is -0.444 e. The number of pyridine rings is 2. The molecule has 0 saturated carbocycles. The lowest BCUT2D eigenvalue weighted by molar-refractivity contribution is -0.116. The molecule has 0 aliphatic carbocycles. The summed E-state index contributed by atoms with van der Waals surface area (Å²) in [5.41, 5.74) is 3.19. The maximum absolute atomic E-state index is 12.6. The maximum atomic E-state index is 12.6. The number of thiophene rings is 1. The van der Waals surface area contributed by atoms with Crippen molar-refractivity contribution in [2.45, 2.75) is 38.8 Å². The summed E-state index contributed by atoms with van der Waals surface area (Å²) in [6.07, 6.45) is 7.19. The lowest BCUT2D eigenvalue weighted by Gasteiger charge is -2.26. The van der Waals surface area contributed by atoms with E-state index >= 15 is 0 Å². The van der Waals surface area contributed by atoms with Gasteiger partial charge < -0.3 is 15.0 Å². The highest BCUT2D eigenvalue weighted by Gasteiger charge is 2.28. The molecule has 8 nitrogen and oxygen atoms in total. The van der Waals surface area contributed by atoms with E-state index in [0.29, 0.717) is 30.1 Å². The molecule has 0 saturated heterocycles. The van der Waals surface area contributed by atoms with Gasteiger partial charge in [-0.2, -0.15) is 5.26 Å². The Bertz CT molecular complexity index is 1170. The normalized spacial score (nSPS) is 13.5. The smallest absolute Gasteiger partial charge is 0.410 e. The lowest BCUT2D eigenvalue weighted by atomic mass is 9.99. The van der Waals surface area contributed by atoms with Crippen molar-refractivity contribution in [3.63, 3.8) is 0 Å². The van der Waals surface area contributed by atoms with Gasteiger partial charge in [-0.3, -0.25) is 14.8 Å². The van der Waals surface area contributed by atoms with Crippen LogP contribution in [0.15, 0.2) is 49.1 Å². The van der Waals surface area contributed by atoms with Gasteiger partial charge >= 0.3 is 6.09 Å². The molecule has 0 radical (unpaired) electrons. The Hall–Kier alpha value is -3.77. The summed E-state index contributed by atoms with van der Waals surface area (Å²) in [6.45, 7) is 2.93. The first-order chi connectivity index (χ1) is 16.0. The van der Waals surface area contributed by atoms with Crippen LogP contribution in [0.25, 0.3) is 0 Å². The summed E-state index contributed by atoms with van der Waals surface area (Å²) in [5.74, 6) is -0.155. The molecule has 0 fully saturated rings. The molecule has 0 spiro atoms. The Morgan fingerprint density at radius 1 is 1.27 bits per heavy atom. The summed E-state index contributed by atoms with van der Waals surface area (Å²) < 4.78 is 5.41. The largest absolute Gasteiger partial charge is 0.444 e. The van der Waals surface area contributed by atoms with Gasteiger partial charge in [0.1, 0.15) is 17.7 Å². The summed E-state index contributed by atoms with van der Waals surface area (Å²) in [4.78, 5) is 35.8. The quantitative estimate of drug-likeness (QED) is 0.588. The highest BCUT2D eigenvalue weighted by atomic mass is 32.1. The number of nitriles is 1. The first kappa shape index (κ1) is 22.4. The fourth-order valence-corrected chi connectivity index (χ4v) is 4.96. The SMILES string of the molecule is CC(CC(=O)Nc1sc2c(c1C#N)CCN(C(=O)OCc1cccnc1)C2)c1cccnc1. The second-order valence-electron chi connectivity index (χ2n) is 7.85. The number of amides is 2. The van der Waals surface area contributed by atoms with Crippen LogP contribution >= 0.6 is 11.3 Å². The molecule has 1 N–H and O–H groups in total. The number of hydrogen-bond donors (Lipinski definition) is 1. The van der Waals surface area contributed by atoms with E-state index in [1.54, 1.807) is 35.8 Å². The number of nitrogens with one attached hydrogen (secondary N) is 1. The van der Waals surface area contributed by atoms with Crippen molar-refractivity contribution in [2.75, 3.05) is 11.9 Å². The fourth-order valence-electron chi connectivity index (χ4n) is 3.73. The Morgan fingerprint density at radius 3 is 2.76 bits per heavy atom. The third kappa shape index (κ3) is 5.35.